The van der Waals surface area contributed by atoms with Gasteiger partial charge in [-0.15, -0.1) is 11.3 Å². The molecule has 24 heavy (non-hydrogen) atoms. The van der Waals surface area contributed by atoms with E-state index < -0.39 is 5.54 Å². The third kappa shape index (κ3) is 3.51. The number of aromatic nitrogens is 2. The largest absolute Gasteiger partial charge is 0.352 e. The molecule has 7 nitrogen and oxygen atoms in total. The molecule has 1 aliphatic heterocycles. The van der Waals surface area contributed by atoms with Crippen LogP contribution in [0.15, 0.2) is 24.4 Å². The van der Waals surface area contributed by atoms with Crippen molar-refractivity contribution >= 4 is 51.8 Å². The van der Waals surface area contributed by atoms with Crippen LogP contribution >= 0.6 is 33.9 Å². The molecular weight excluding hydrogens is 441 g/mol. The van der Waals surface area contributed by atoms with Gasteiger partial charge in [0.2, 0.25) is 5.95 Å². The van der Waals surface area contributed by atoms with E-state index in [-0.39, 0.29) is 18.5 Å². The Hall–Kier alpha value is -1.75. The van der Waals surface area contributed by atoms with Crippen LogP contribution in [0, 0.1) is 2.88 Å². The molecule has 1 aliphatic rings. The molecule has 3 heterocycles. The van der Waals surface area contributed by atoms with Gasteiger partial charge in [-0.05, 0) is 54.6 Å². The number of imide groups is 1. The number of carbonyl (C=O) groups is 2. The Morgan fingerprint density at radius 3 is 2.75 bits per heavy atom. The number of rotatable bonds is 5. The van der Waals surface area contributed by atoms with Crippen molar-refractivity contribution in [1.82, 2.24) is 20.2 Å². The second-order valence-corrected chi connectivity index (χ2v) is 8.79. The van der Waals surface area contributed by atoms with E-state index >= 15 is 0 Å². The topological polar surface area (TPSA) is 87.2 Å². The van der Waals surface area contributed by atoms with Gasteiger partial charge in [-0.2, -0.15) is 0 Å². The van der Waals surface area contributed by atoms with Gasteiger partial charge in [0.1, 0.15) is 5.54 Å². The van der Waals surface area contributed by atoms with Crippen molar-refractivity contribution in [3.05, 3.63) is 27.3 Å². The van der Waals surface area contributed by atoms with Gasteiger partial charge in [0, 0.05) is 19.3 Å². The third-order valence-corrected chi connectivity index (χ3v) is 5.46. The van der Waals surface area contributed by atoms with Crippen LogP contribution in [0.1, 0.15) is 13.8 Å². The molecule has 0 aromatic carbocycles. The number of urea groups is 1. The zero-order valence-electron chi connectivity index (χ0n) is 13.2. The van der Waals surface area contributed by atoms with Crippen molar-refractivity contribution in [2.24, 2.45) is 0 Å². The zero-order valence-corrected chi connectivity index (χ0v) is 16.1. The van der Waals surface area contributed by atoms with Gasteiger partial charge in [-0.3, -0.25) is 9.69 Å². The van der Waals surface area contributed by atoms with Crippen molar-refractivity contribution in [2.75, 3.05) is 18.4 Å². The molecule has 3 rings (SSSR count). The quantitative estimate of drug-likeness (QED) is 0.533. The smallest absolute Gasteiger partial charge is 0.325 e. The molecule has 1 saturated heterocycles. The summed E-state index contributed by atoms with van der Waals surface area (Å²) in [6, 6.07) is 5.55. The van der Waals surface area contributed by atoms with Crippen molar-refractivity contribution in [2.45, 2.75) is 19.4 Å². The van der Waals surface area contributed by atoms with Crippen LogP contribution in [0.2, 0.25) is 0 Å². The Morgan fingerprint density at radius 1 is 1.33 bits per heavy atom. The second-order valence-electron chi connectivity index (χ2n) is 5.81. The van der Waals surface area contributed by atoms with E-state index in [0.717, 1.165) is 10.6 Å². The number of hydrogen-bond donors (Lipinski definition) is 2. The Morgan fingerprint density at radius 2 is 2.12 bits per heavy atom. The van der Waals surface area contributed by atoms with Gasteiger partial charge >= 0.3 is 6.03 Å². The van der Waals surface area contributed by atoms with Gasteiger partial charge in [-0.1, -0.05) is 0 Å². The fourth-order valence-electron chi connectivity index (χ4n) is 2.33. The fourth-order valence-corrected chi connectivity index (χ4v) is 3.93. The maximum absolute atomic E-state index is 12.1. The van der Waals surface area contributed by atoms with Crippen molar-refractivity contribution in [3.8, 4) is 10.6 Å². The lowest BCUT2D eigenvalue weighted by Gasteiger charge is -2.16. The number of carbonyl (C=O) groups excluding carboxylic acids is 2. The number of halogens is 1. The lowest BCUT2D eigenvalue weighted by molar-refractivity contribution is -0.130. The SMILES string of the molecule is CC1(C)NC(=O)N(CCNc2nccc(-c3ccc(I)s3)n2)C1=O. The van der Waals surface area contributed by atoms with E-state index in [1.807, 2.05) is 18.2 Å². The molecule has 3 amide bonds. The van der Waals surface area contributed by atoms with Crippen LogP contribution in [-0.2, 0) is 4.79 Å². The molecule has 0 unspecified atom stereocenters. The first-order valence-corrected chi connectivity index (χ1v) is 9.23. The highest BCUT2D eigenvalue weighted by molar-refractivity contribution is 14.1. The first-order valence-electron chi connectivity index (χ1n) is 7.33. The predicted molar refractivity (Wildman–Crippen MR) is 101 cm³/mol. The lowest BCUT2D eigenvalue weighted by Crippen LogP contribution is -2.40. The first kappa shape index (κ1) is 17.1. The molecular formula is C15H16IN5O2S. The van der Waals surface area contributed by atoms with E-state index in [1.165, 1.54) is 7.78 Å². The van der Waals surface area contributed by atoms with Crippen molar-refractivity contribution < 1.29 is 9.59 Å². The highest BCUT2D eigenvalue weighted by Crippen LogP contribution is 2.27. The zero-order chi connectivity index (χ0) is 17.3. The average Bonchev–Trinajstić information content (AvgIpc) is 3.04. The molecule has 0 radical (unpaired) electrons. The van der Waals surface area contributed by atoms with Crippen LogP contribution in [0.5, 0.6) is 0 Å². The van der Waals surface area contributed by atoms with E-state index in [2.05, 4.69) is 43.2 Å². The Bertz CT molecular complexity index is 792. The summed E-state index contributed by atoms with van der Waals surface area (Å²) in [6.07, 6.45) is 1.69. The van der Waals surface area contributed by atoms with Crippen LogP contribution in [0.3, 0.4) is 0 Å². The number of nitrogens with zero attached hydrogens (tertiary/aromatic N) is 3. The minimum atomic E-state index is -0.843. The molecule has 0 saturated carbocycles. The Kier molecular flexibility index (Phi) is 4.72. The number of thiophene rings is 1. The third-order valence-electron chi connectivity index (χ3n) is 3.54. The predicted octanol–water partition coefficient (Wildman–Crippen LogP) is 2.55. The summed E-state index contributed by atoms with van der Waals surface area (Å²) < 4.78 is 1.19. The highest BCUT2D eigenvalue weighted by Gasteiger charge is 2.43. The second kappa shape index (κ2) is 6.63. The standard InChI is InChI=1S/C15H16IN5O2S/c1-15(2)12(22)21(14(23)20-15)8-7-18-13-17-6-5-9(19-13)10-3-4-11(16)24-10/h3-6H,7-8H2,1-2H3,(H,20,23)(H,17,18,19). The van der Waals surface area contributed by atoms with Gasteiger partial charge < -0.3 is 10.6 Å². The average molecular weight is 457 g/mol. The van der Waals surface area contributed by atoms with Crippen molar-refractivity contribution in [1.29, 1.82) is 0 Å². The fraction of sp³-hybridized carbons (Fsp3) is 0.333. The summed E-state index contributed by atoms with van der Waals surface area (Å²) in [5, 5.41) is 5.72. The molecule has 2 aromatic heterocycles. The van der Waals surface area contributed by atoms with E-state index in [1.54, 1.807) is 31.4 Å². The van der Waals surface area contributed by atoms with Gasteiger partial charge in [0.25, 0.3) is 5.91 Å². The molecule has 2 aromatic rings. The van der Waals surface area contributed by atoms with Gasteiger partial charge in [-0.25, -0.2) is 14.8 Å². The minimum Gasteiger partial charge on any atom is -0.352 e. The molecule has 1 fully saturated rings. The summed E-state index contributed by atoms with van der Waals surface area (Å²) in [4.78, 5) is 34.8. The lowest BCUT2D eigenvalue weighted by atomic mass is 10.1. The van der Waals surface area contributed by atoms with E-state index in [9.17, 15) is 9.59 Å². The summed E-state index contributed by atoms with van der Waals surface area (Å²) in [7, 11) is 0. The van der Waals surface area contributed by atoms with Crippen molar-refractivity contribution in [3.63, 3.8) is 0 Å². The summed E-state index contributed by atoms with van der Waals surface area (Å²) >= 11 is 3.93. The van der Waals surface area contributed by atoms with Crippen LogP contribution in [0.4, 0.5) is 10.7 Å². The summed E-state index contributed by atoms with van der Waals surface area (Å²) in [5.41, 5.74) is 0.000582. The molecule has 126 valence electrons. The minimum absolute atomic E-state index is 0.225. The Labute approximate surface area is 157 Å². The highest BCUT2D eigenvalue weighted by atomic mass is 127. The van der Waals surface area contributed by atoms with E-state index in [4.69, 9.17) is 0 Å². The monoisotopic (exact) mass is 457 g/mol. The molecule has 0 atom stereocenters. The van der Waals surface area contributed by atoms with E-state index in [0.29, 0.717) is 12.5 Å². The van der Waals surface area contributed by atoms with Crippen LogP contribution in [0.25, 0.3) is 10.6 Å². The molecule has 0 bridgehead atoms. The molecule has 9 heteroatoms. The first-order chi connectivity index (χ1) is 11.4. The number of nitrogens with one attached hydrogen (secondary N) is 2. The molecule has 0 aliphatic carbocycles. The number of hydrogen-bond acceptors (Lipinski definition) is 6. The van der Waals surface area contributed by atoms with Crippen LogP contribution < -0.4 is 10.6 Å². The summed E-state index contributed by atoms with van der Waals surface area (Å²) in [5.74, 6) is 0.249. The number of anilines is 1. The van der Waals surface area contributed by atoms with Gasteiger partial charge in [0.05, 0.1) is 13.5 Å². The molecule has 2 N–H and O–H groups in total. The van der Waals surface area contributed by atoms with Crippen LogP contribution in [-0.4, -0.2) is 45.4 Å². The number of amides is 3. The maximum atomic E-state index is 12.1. The Balaban J connectivity index is 1.62. The van der Waals surface area contributed by atoms with Gasteiger partial charge in [0.15, 0.2) is 0 Å². The summed E-state index contributed by atoms with van der Waals surface area (Å²) in [6.45, 7) is 4.03. The maximum Gasteiger partial charge on any atom is 0.325 e. The molecule has 0 spiro atoms. The normalized spacial score (nSPS) is 16.4.